The summed E-state index contributed by atoms with van der Waals surface area (Å²) < 4.78 is 6.00. The molecule has 1 spiro atoms. The minimum Gasteiger partial charge on any atom is -0.373 e. The van der Waals surface area contributed by atoms with Crippen molar-refractivity contribution < 1.29 is 14.3 Å². The number of halogens is 1. The number of rotatable bonds is 5. The van der Waals surface area contributed by atoms with E-state index in [0.29, 0.717) is 30.3 Å². The summed E-state index contributed by atoms with van der Waals surface area (Å²) in [6.07, 6.45) is 6.79. The molecule has 0 radical (unpaired) electrons. The molecule has 3 N–H and O–H groups in total. The molecular weight excluding hydrogens is 354 g/mol. The average molecular weight is 380 g/mol. The number of benzene rings is 1. The second-order valence-corrected chi connectivity index (χ2v) is 7.50. The largest absolute Gasteiger partial charge is 0.373 e. The van der Waals surface area contributed by atoms with E-state index in [4.69, 9.17) is 16.3 Å². The first-order valence-electron chi connectivity index (χ1n) is 9.29. The molecule has 26 heavy (non-hydrogen) atoms. The minimum atomic E-state index is -0.249. The van der Waals surface area contributed by atoms with Gasteiger partial charge in [0.25, 0.3) is 5.91 Å². The first kappa shape index (κ1) is 19.0. The molecule has 1 saturated carbocycles. The molecule has 1 aromatic carbocycles. The molecule has 1 aliphatic heterocycles. The third kappa shape index (κ3) is 4.89. The molecule has 1 aromatic rings. The highest BCUT2D eigenvalue weighted by atomic mass is 35.5. The highest BCUT2D eigenvalue weighted by Gasteiger charge is 2.41. The van der Waals surface area contributed by atoms with Crippen molar-refractivity contribution in [2.75, 3.05) is 19.7 Å². The molecule has 3 rings (SSSR count). The van der Waals surface area contributed by atoms with Crippen LogP contribution in [0.4, 0.5) is 4.79 Å². The minimum absolute atomic E-state index is 0.0148. The van der Waals surface area contributed by atoms with Gasteiger partial charge in [-0.1, -0.05) is 43.0 Å². The third-order valence-electron chi connectivity index (χ3n) is 5.12. The van der Waals surface area contributed by atoms with Gasteiger partial charge in [-0.25, -0.2) is 4.79 Å². The van der Waals surface area contributed by atoms with Crippen LogP contribution >= 0.6 is 11.6 Å². The molecule has 142 valence electrons. The fraction of sp³-hybridized carbons (Fsp3) is 0.579. The number of urea groups is 1. The molecule has 0 aromatic heterocycles. The first-order valence-corrected chi connectivity index (χ1v) is 9.67. The Bertz CT molecular complexity index is 647. The van der Waals surface area contributed by atoms with Gasteiger partial charge in [0.1, 0.15) is 0 Å². The lowest BCUT2D eigenvalue weighted by Crippen LogP contribution is -2.45. The normalized spacial score (nSPS) is 21.3. The number of hydrogen-bond acceptors (Lipinski definition) is 3. The second-order valence-electron chi connectivity index (χ2n) is 7.09. The second kappa shape index (κ2) is 8.73. The van der Waals surface area contributed by atoms with Crippen molar-refractivity contribution >= 4 is 23.5 Å². The maximum atomic E-state index is 12.0. The van der Waals surface area contributed by atoms with Gasteiger partial charge in [-0.15, -0.1) is 0 Å². The summed E-state index contributed by atoms with van der Waals surface area (Å²) in [5.41, 5.74) is 0.415. The van der Waals surface area contributed by atoms with Gasteiger partial charge in [-0.3, -0.25) is 4.79 Å². The van der Waals surface area contributed by atoms with Crippen LogP contribution in [0.5, 0.6) is 0 Å². The lowest BCUT2D eigenvalue weighted by Gasteiger charge is -2.32. The summed E-state index contributed by atoms with van der Waals surface area (Å²) in [6, 6.07) is 6.71. The van der Waals surface area contributed by atoms with E-state index in [2.05, 4.69) is 16.0 Å². The molecule has 2 aliphatic rings. The fourth-order valence-electron chi connectivity index (χ4n) is 3.81. The van der Waals surface area contributed by atoms with Gasteiger partial charge in [0.05, 0.1) is 28.8 Å². The highest BCUT2D eigenvalue weighted by molar-refractivity contribution is 6.33. The molecular formula is C19H26ClN3O3. The number of amides is 3. The number of carbonyl (C=O) groups excluding carboxylic acids is 2. The van der Waals surface area contributed by atoms with Gasteiger partial charge < -0.3 is 20.7 Å². The summed E-state index contributed by atoms with van der Waals surface area (Å²) in [7, 11) is 0. The van der Waals surface area contributed by atoms with Crippen molar-refractivity contribution in [3.63, 3.8) is 0 Å². The Balaban J connectivity index is 1.33. The van der Waals surface area contributed by atoms with E-state index in [9.17, 15) is 9.59 Å². The smallest absolute Gasteiger partial charge is 0.315 e. The molecule has 1 unspecified atom stereocenters. The summed E-state index contributed by atoms with van der Waals surface area (Å²) >= 11 is 5.99. The Morgan fingerprint density at radius 3 is 2.62 bits per heavy atom. The quantitative estimate of drug-likeness (QED) is 0.688. The van der Waals surface area contributed by atoms with Crippen LogP contribution in [0.1, 0.15) is 48.9 Å². The lowest BCUT2D eigenvalue weighted by molar-refractivity contribution is -0.0245. The van der Waals surface area contributed by atoms with Crippen LogP contribution in [-0.4, -0.2) is 43.3 Å². The van der Waals surface area contributed by atoms with Crippen molar-refractivity contribution in [2.45, 2.75) is 50.2 Å². The van der Waals surface area contributed by atoms with E-state index in [0.717, 1.165) is 19.3 Å². The average Bonchev–Trinajstić information content (AvgIpc) is 3.01. The molecule has 1 aliphatic carbocycles. The molecule has 3 amide bonds. The van der Waals surface area contributed by atoms with Crippen LogP contribution in [-0.2, 0) is 4.74 Å². The lowest BCUT2D eigenvalue weighted by atomic mass is 9.82. The third-order valence-corrected chi connectivity index (χ3v) is 5.45. The highest BCUT2D eigenvalue weighted by Crippen LogP contribution is 2.39. The zero-order valence-corrected chi connectivity index (χ0v) is 15.6. The van der Waals surface area contributed by atoms with Gasteiger partial charge in [0, 0.05) is 13.1 Å². The van der Waals surface area contributed by atoms with E-state index in [1.54, 1.807) is 24.3 Å². The zero-order valence-electron chi connectivity index (χ0n) is 14.9. The number of hydrogen-bond donors (Lipinski definition) is 3. The Hall–Kier alpha value is -1.79. The molecule has 2 fully saturated rings. The first-order chi connectivity index (χ1) is 12.6. The van der Waals surface area contributed by atoms with Crippen molar-refractivity contribution in [2.24, 2.45) is 0 Å². The van der Waals surface area contributed by atoms with Gasteiger partial charge in [0.2, 0.25) is 0 Å². The monoisotopic (exact) mass is 379 g/mol. The maximum absolute atomic E-state index is 12.0. The van der Waals surface area contributed by atoms with Gasteiger partial charge in [0.15, 0.2) is 0 Å². The Morgan fingerprint density at radius 2 is 1.85 bits per heavy atom. The van der Waals surface area contributed by atoms with Crippen LogP contribution in [0.3, 0.4) is 0 Å². The Kier molecular flexibility index (Phi) is 6.38. The van der Waals surface area contributed by atoms with Crippen molar-refractivity contribution in [3.05, 3.63) is 34.9 Å². The predicted molar refractivity (Wildman–Crippen MR) is 100 cm³/mol. The number of ether oxygens (including phenoxy) is 1. The molecule has 1 atom stereocenters. The maximum Gasteiger partial charge on any atom is 0.315 e. The van der Waals surface area contributed by atoms with E-state index >= 15 is 0 Å². The molecule has 1 heterocycles. The zero-order chi connectivity index (χ0) is 18.4. The predicted octanol–water partition coefficient (Wildman–Crippen LogP) is 2.86. The van der Waals surface area contributed by atoms with Crippen LogP contribution < -0.4 is 16.0 Å². The van der Waals surface area contributed by atoms with Crippen LogP contribution in [0.2, 0.25) is 5.02 Å². The standard InChI is InChI=1S/C19H26ClN3O3/c20-16-7-3-2-6-15(16)17(24)21-10-11-22-18(25)23-14-12-19(26-13-14)8-4-1-5-9-19/h2-3,6-7,14H,1,4-5,8-13H2,(H,21,24)(H2,22,23,25). The van der Waals surface area contributed by atoms with Crippen LogP contribution in [0.25, 0.3) is 0 Å². The topological polar surface area (TPSA) is 79.5 Å². The van der Waals surface area contributed by atoms with E-state index in [1.165, 1.54) is 19.3 Å². The Labute approximate surface area is 159 Å². The molecule has 0 bridgehead atoms. The molecule has 6 nitrogen and oxygen atoms in total. The van der Waals surface area contributed by atoms with Crippen molar-refractivity contribution in [1.29, 1.82) is 0 Å². The van der Waals surface area contributed by atoms with Crippen molar-refractivity contribution in [3.8, 4) is 0 Å². The van der Waals surface area contributed by atoms with Crippen molar-refractivity contribution in [1.82, 2.24) is 16.0 Å². The molecule has 1 saturated heterocycles. The summed E-state index contributed by atoms with van der Waals surface area (Å²) in [5, 5.41) is 8.90. The Morgan fingerprint density at radius 1 is 1.12 bits per heavy atom. The van der Waals surface area contributed by atoms with Gasteiger partial charge in [-0.05, 0) is 31.4 Å². The SMILES string of the molecule is O=C(NCCNC(=O)c1ccccc1Cl)NC1COC2(CCCCC2)C1. The summed E-state index contributed by atoms with van der Waals surface area (Å²) in [6.45, 7) is 1.26. The number of nitrogens with one attached hydrogen (secondary N) is 3. The fourth-order valence-corrected chi connectivity index (χ4v) is 4.03. The summed E-state index contributed by atoms with van der Waals surface area (Å²) in [5.74, 6) is -0.249. The molecule has 7 heteroatoms. The van der Waals surface area contributed by atoms with E-state index in [1.807, 2.05) is 0 Å². The summed E-state index contributed by atoms with van der Waals surface area (Å²) in [4.78, 5) is 24.0. The van der Waals surface area contributed by atoms with E-state index < -0.39 is 0 Å². The van der Waals surface area contributed by atoms with E-state index in [-0.39, 0.29) is 23.6 Å². The van der Waals surface area contributed by atoms with Crippen LogP contribution in [0, 0.1) is 0 Å². The van der Waals surface area contributed by atoms with Gasteiger partial charge in [-0.2, -0.15) is 0 Å². The van der Waals surface area contributed by atoms with Crippen LogP contribution in [0.15, 0.2) is 24.3 Å². The number of carbonyl (C=O) groups is 2. The van der Waals surface area contributed by atoms with Gasteiger partial charge >= 0.3 is 6.03 Å².